The summed E-state index contributed by atoms with van der Waals surface area (Å²) >= 11 is 0. The second-order valence-corrected chi connectivity index (χ2v) is 8.47. The molecule has 9 heteroatoms. The van der Waals surface area contributed by atoms with E-state index in [1.54, 1.807) is 20.4 Å². The van der Waals surface area contributed by atoms with Gasteiger partial charge in [0.15, 0.2) is 0 Å². The number of aromatic nitrogens is 2. The molecule has 0 aliphatic rings. The molecule has 0 unspecified atom stereocenters. The Morgan fingerprint density at radius 3 is 2.48 bits per heavy atom. The molecule has 0 bridgehead atoms. The SMILES string of the molecule is COCCOCC(=O)Nc1ccc(-c2cnc3ccc(N(C)C(=O)OC(C)(C)C)cn23)cc1. The van der Waals surface area contributed by atoms with E-state index < -0.39 is 11.7 Å². The van der Waals surface area contributed by atoms with Crippen molar-refractivity contribution in [3.05, 3.63) is 48.8 Å². The first kappa shape index (κ1) is 24.2. The highest BCUT2D eigenvalue weighted by Crippen LogP contribution is 2.25. The number of hydrogen-bond donors (Lipinski definition) is 1. The Bertz CT molecular complexity index is 1100. The number of benzene rings is 1. The lowest BCUT2D eigenvalue weighted by molar-refractivity contribution is -0.121. The van der Waals surface area contributed by atoms with Gasteiger partial charge in [0, 0.05) is 31.6 Å². The lowest BCUT2D eigenvalue weighted by atomic mass is 10.1. The van der Waals surface area contributed by atoms with E-state index in [0.29, 0.717) is 24.6 Å². The molecule has 3 rings (SSSR count). The number of anilines is 2. The summed E-state index contributed by atoms with van der Waals surface area (Å²) < 4.78 is 17.5. The molecule has 0 fully saturated rings. The van der Waals surface area contributed by atoms with Gasteiger partial charge in [-0.3, -0.25) is 14.1 Å². The lowest BCUT2D eigenvalue weighted by Gasteiger charge is -2.24. The molecule has 0 aliphatic heterocycles. The minimum absolute atomic E-state index is 0.0354. The Kier molecular flexibility index (Phi) is 7.67. The molecule has 0 saturated carbocycles. The van der Waals surface area contributed by atoms with Crippen LogP contribution in [0, 0.1) is 0 Å². The zero-order chi connectivity index (χ0) is 24.0. The molecule has 33 heavy (non-hydrogen) atoms. The minimum Gasteiger partial charge on any atom is -0.443 e. The molecule has 2 aromatic heterocycles. The maximum atomic E-state index is 12.4. The molecule has 0 atom stereocenters. The van der Waals surface area contributed by atoms with E-state index in [4.69, 9.17) is 14.2 Å². The predicted octanol–water partition coefficient (Wildman–Crippen LogP) is 3.97. The quantitative estimate of drug-likeness (QED) is 0.518. The molecule has 2 heterocycles. The van der Waals surface area contributed by atoms with E-state index in [9.17, 15) is 9.59 Å². The van der Waals surface area contributed by atoms with Crippen LogP contribution in [0.2, 0.25) is 0 Å². The van der Waals surface area contributed by atoms with E-state index in [1.165, 1.54) is 4.90 Å². The molecule has 2 amide bonds. The summed E-state index contributed by atoms with van der Waals surface area (Å²) in [6.07, 6.45) is 3.17. The normalized spacial score (nSPS) is 11.4. The van der Waals surface area contributed by atoms with Gasteiger partial charge in [-0.25, -0.2) is 9.78 Å². The fourth-order valence-electron chi connectivity index (χ4n) is 3.05. The monoisotopic (exact) mass is 454 g/mol. The van der Waals surface area contributed by atoms with Crippen LogP contribution in [0.3, 0.4) is 0 Å². The van der Waals surface area contributed by atoms with Crippen LogP contribution in [0.25, 0.3) is 16.9 Å². The second kappa shape index (κ2) is 10.5. The molecule has 0 saturated heterocycles. The standard InChI is InChI=1S/C24H30N4O5/c1-24(2,3)33-23(30)27(4)19-10-11-21-25-14-20(28(21)15-19)17-6-8-18(9-7-17)26-22(29)16-32-13-12-31-5/h6-11,14-15H,12-13,16H2,1-5H3,(H,26,29). The molecule has 1 aromatic carbocycles. The van der Waals surface area contributed by atoms with E-state index in [0.717, 1.165) is 16.9 Å². The number of nitrogens with one attached hydrogen (secondary N) is 1. The zero-order valence-electron chi connectivity index (χ0n) is 19.6. The van der Waals surface area contributed by atoms with Crippen molar-refractivity contribution < 1.29 is 23.8 Å². The number of hydrogen-bond acceptors (Lipinski definition) is 6. The van der Waals surface area contributed by atoms with Gasteiger partial charge >= 0.3 is 6.09 Å². The smallest absolute Gasteiger partial charge is 0.414 e. The number of carbonyl (C=O) groups excluding carboxylic acids is 2. The van der Waals surface area contributed by atoms with Crippen molar-refractivity contribution in [1.29, 1.82) is 0 Å². The van der Waals surface area contributed by atoms with Crippen LogP contribution in [0.4, 0.5) is 16.2 Å². The van der Waals surface area contributed by atoms with Gasteiger partial charge < -0.3 is 19.5 Å². The van der Waals surface area contributed by atoms with Gasteiger partial charge in [-0.2, -0.15) is 0 Å². The Labute approximate surface area is 193 Å². The molecule has 0 radical (unpaired) electrons. The van der Waals surface area contributed by atoms with Crippen LogP contribution in [-0.2, 0) is 19.0 Å². The summed E-state index contributed by atoms with van der Waals surface area (Å²) in [6.45, 7) is 6.26. The fourth-order valence-corrected chi connectivity index (χ4v) is 3.05. The highest BCUT2D eigenvalue weighted by molar-refractivity contribution is 5.92. The third-order valence-electron chi connectivity index (χ3n) is 4.67. The first-order valence-electron chi connectivity index (χ1n) is 10.6. The maximum absolute atomic E-state index is 12.4. The van der Waals surface area contributed by atoms with Crippen LogP contribution in [0.15, 0.2) is 48.8 Å². The summed E-state index contributed by atoms with van der Waals surface area (Å²) in [5, 5.41) is 2.80. The number of fused-ring (bicyclic) bond motifs is 1. The van der Waals surface area contributed by atoms with Gasteiger partial charge in [0.1, 0.15) is 17.9 Å². The number of carbonyl (C=O) groups is 2. The largest absolute Gasteiger partial charge is 0.443 e. The molecular weight excluding hydrogens is 424 g/mol. The van der Waals surface area contributed by atoms with Crippen molar-refractivity contribution in [3.8, 4) is 11.3 Å². The van der Waals surface area contributed by atoms with Crippen molar-refractivity contribution in [1.82, 2.24) is 9.38 Å². The van der Waals surface area contributed by atoms with Crippen molar-refractivity contribution in [2.24, 2.45) is 0 Å². The average Bonchev–Trinajstić information content (AvgIpc) is 3.19. The summed E-state index contributed by atoms with van der Waals surface area (Å²) in [7, 11) is 3.25. The molecule has 0 aliphatic carbocycles. The average molecular weight is 455 g/mol. The molecule has 9 nitrogen and oxygen atoms in total. The van der Waals surface area contributed by atoms with Crippen molar-refractivity contribution in [2.75, 3.05) is 44.2 Å². The van der Waals surface area contributed by atoms with E-state index in [2.05, 4.69) is 10.3 Å². The van der Waals surface area contributed by atoms with Crippen LogP contribution in [0.1, 0.15) is 20.8 Å². The summed E-state index contributed by atoms with van der Waals surface area (Å²) in [6, 6.07) is 11.1. The topological polar surface area (TPSA) is 94.4 Å². The molecule has 176 valence electrons. The Balaban J connectivity index is 1.74. The summed E-state index contributed by atoms with van der Waals surface area (Å²) in [5.74, 6) is -0.233. The Hall–Kier alpha value is -3.43. The predicted molar refractivity (Wildman–Crippen MR) is 127 cm³/mol. The second-order valence-electron chi connectivity index (χ2n) is 8.47. The molecular formula is C24H30N4O5. The first-order chi connectivity index (χ1) is 15.7. The van der Waals surface area contributed by atoms with E-state index >= 15 is 0 Å². The van der Waals surface area contributed by atoms with Crippen LogP contribution in [-0.4, -0.2) is 61.0 Å². The fraction of sp³-hybridized carbons (Fsp3) is 0.375. The third-order valence-corrected chi connectivity index (χ3v) is 4.67. The molecule has 0 spiro atoms. The number of pyridine rings is 1. The first-order valence-corrected chi connectivity index (χ1v) is 10.6. The number of nitrogens with zero attached hydrogens (tertiary/aromatic N) is 3. The van der Waals surface area contributed by atoms with Gasteiger partial charge in [-0.15, -0.1) is 0 Å². The lowest BCUT2D eigenvalue weighted by Crippen LogP contribution is -2.34. The van der Waals surface area contributed by atoms with Gasteiger partial charge in [-0.05, 0) is 45.0 Å². The number of rotatable bonds is 8. The van der Waals surface area contributed by atoms with Crippen molar-refractivity contribution in [3.63, 3.8) is 0 Å². The van der Waals surface area contributed by atoms with E-state index in [1.807, 2.05) is 67.8 Å². The molecule has 3 aromatic rings. The van der Waals surface area contributed by atoms with E-state index in [-0.39, 0.29) is 12.5 Å². The minimum atomic E-state index is -0.581. The van der Waals surface area contributed by atoms with Crippen LogP contribution < -0.4 is 10.2 Å². The Morgan fingerprint density at radius 1 is 1.09 bits per heavy atom. The number of ether oxygens (including phenoxy) is 3. The number of methoxy groups -OCH3 is 1. The van der Waals surface area contributed by atoms with Gasteiger partial charge in [0.25, 0.3) is 0 Å². The number of imidazole rings is 1. The van der Waals surface area contributed by atoms with Crippen LogP contribution >= 0.6 is 0 Å². The van der Waals surface area contributed by atoms with Gasteiger partial charge in [0.2, 0.25) is 5.91 Å². The number of amides is 2. The summed E-state index contributed by atoms with van der Waals surface area (Å²) in [5.41, 5.74) is 3.27. The van der Waals surface area contributed by atoms with Crippen LogP contribution in [0.5, 0.6) is 0 Å². The molecule has 1 N–H and O–H groups in total. The Morgan fingerprint density at radius 2 is 1.82 bits per heavy atom. The summed E-state index contributed by atoms with van der Waals surface area (Å²) in [4.78, 5) is 30.3. The van der Waals surface area contributed by atoms with Gasteiger partial charge in [-0.1, -0.05) is 12.1 Å². The highest BCUT2D eigenvalue weighted by atomic mass is 16.6. The zero-order valence-corrected chi connectivity index (χ0v) is 19.6. The highest BCUT2D eigenvalue weighted by Gasteiger charge is 2.21. The van der Waals surface area contributed by atoms with Crippen molar-refractivity contribution >= 4 is 29.0 Å². The maximum Gasteiger partial charge on any atom is 0.414 e. The van der Waals surface area contributed by atoms with Crippen molar-refractivity contribution in [2.45, 2.75) is 26.4 Å². The third kappa shape index (κ3) is 6.53. The van der Waals surface area contributed by atoms with Gasteiger partial charge in [0.05, 0.1) is 30.8 Å².